The molecule has 0 N–H and O–H groups in total. The zero-order valence-electron chi connectivity index (χ0n) is 15.4. The second-order valence-corrected chi connectivity index (χ2v) is 10.3. The highest BCUT2D eigenvalue weighted by atomic mass is 32.2. The van der Waals surface area contributed by atoms with Crippen LogP contribution in [0.4, 0.5) is 5.69 Å². The number of anilines is 1. The first-order chi connectivity index (χ1) is 12.4. The van der Waals surface area contributed by atoms with Crippen LogP contribution >= 0.6 is 0 Å². The van der Waals surface area contributed by atoms with Gasteiger partial charge in [0.2, 0.25) is 5.91 Å². The van der Waals surface area contributed by atoms with Crippen molar-refractivity contribution >= 4 is 21.4 Å². The normalized spacial score (nSPS) is 27.7. The molecule has 1 aromatic carbocycles. The van der Waals surface area contributed by atoms with Gasteiger partial charge < -0.3 is 9.80 Å². The highest BCUT2D eigenvalue weighted by Gasteiger charge is 2.40. The molecule has 0 radical (unpaired) electrons. The summed E-state index contributed by atoms with van der Waals surface area (Å²) >= 11 is 0. The van der Waals surface area contributed by atoms with E-state index in [-0.39, 0.29) is 29.5 Å². The number of fused-ring (bicyclic) bond motifs is 1. The van der Waals surface area contributed by atoms with Gasteiger partial charge in [-0.05, 0) is 44.2 Å². The van der Waals surface area contributed by atoms with Crippen molar-refractivity contribution in [1.82, 2.24) is 4.90 Å². The molecule has 142 valence electrons. The van der Waals surface area contributed by atoms with Crippen LogP contribution in [0.15, 0.2) is 24.3 Å². The molecule has 0 spiro atoms. The lowest BCUT2D eigenvalue weighted by Gasteiger charge is -2.36. The number of benzene rings is 1. The fourth-order valence-corrected chi connectivity index (χ4v) is 6.69. The minimum absolute atomic E-state index is 0.0996. The van der Waals surface area contributed by atoms with Crippen LogP contribution in [0.3, 0.4) is 0 Å². The van der Waals surface area contributed by atoms with Crippen molar-refractivity contribution in [3.05, 3.63) is 29.8 Å². The van der Waals surface area contributed by atoms with Gasteiger partial charge in [0.25, 0.3) is 0 Å². The molecule has 2 fully saturated rings. The van der Waals surface area contributed by atoms with Gasteiger partial charge in [-0.3, -0.25) is 4.79 Å². The molecule has 6 heteroatoms. The van der Waals surface area contributed by atoms with E-state index >= 15 is 0 Å². The van der Waals surface area contributed by atoms with Crippen LogP contribution in [0.25, 0.3) is 0 Å². The van der Waals surface area contributed by atoms with Gasteiger partial charge in [0.1, 0.15) is 0 Å². The lowest BCUT2D eigenvalue weighted by Crippen LogP contribution is -2.51. The van der Waals surface area contributed by atoms with E-state index in [0.717, 1.165) is 37.8 Å². The number of hydrogen-bond donors (Lipinski definition) is 0. The largest absolute Gasteiger partial charge is 0.359 e. The maximum absolute atomic E-state index is 13.3. The third-order valence-electron chi connectivity index (χ3n) is 6.26. The number of nitrogens with zero attached hydrogens (tertiary/aromatic N) is 2. The summed E-state index contributed by atoms with van der Waals surface area (Å²) in [7, 11) is -3.00. The van der Waals surface area contributed by atoms with E-state index in [1.54, 1.807) is 0 Å². The first kappa shape index (κ1) is 17.8. The molecule has 2 aliphatic heterocycles. The maximum atomic E-state index is 13.3. The van der Waals surface area contributed by atoms with E-state index in [2.05, 4.69) is 24.0 Å². The molecule has 5 nitrogen and oxygen atoms in total. The Morgan fingerprint density at radius 2 is 1.88 bits per heavy atom. The van der Waals surface area contributed by atoms with Crippen molar-refractivity contribution in [2.45, 2.75) is 63.6 Å². The van der Waals surface area contributed by atoms with Crippen LogP contribution in [0, 0.1) is 0 Å². The van der Waals surface area contributed by atoms with Gasteiger partial charge in [0.05, 0.1) is 18.1 Å². The number of sulfone groups is 1. The van der Waals surface area contributed by atoms with Crippen molar-refractivity contribution in [2.75, 3.05) is 23.0 Å². The molecule has 26 heavy (non-hydrogen) atoms. The van der Waals surface area contributed by atoms with E-state index in [1.807, 2.05) is 17.0 Å². The van der Waals surface area contributed by atoms with Crippen LogP contribution in [0.1, 0.15) is 44.6 Å². The summed E-state index contributed by atoms with van der Waals surface area (Å²) in [5.74, 6) is 0.459. The Hall–Kier alpha value is -1.56. The van der Waals surface area contributed by atoms with Crippen molar-refractivity contribution in [3.63, 3.8) is 0 Å². The molecule has 1 saturated carbocycles. The predicted octanol–water partition coefficient (Wildman–Crippen LogP) is 2.40. The van der Waals surface area contributed by atoms with Gasteiger partial charge in [0, 0.05) is 23.8 Å². The molecule has 2 atom stereocenters. The van der Waals surface area contributed by atoms with Crippen LogP contribution < -0.4 is 4.90 Å². The third-order valence-corrected chi connectivity index (χ3v) is 8.01. The summed E-state index contributed by atoms with van der Waals surface area (Å²) in [6.07, 6.45) is 5.85. The molecule has 2 heterocycles. The molecule has 1 amide bonds. The summed E-state index contributed by atoms with van der Waals surface area (Å²) in [5, 5.41) is 0. The predicted molar refractivity (Wildman–Crippen MR) is 103 cm³/mol. The number of para-hydroxylation sites is 1. The van der Waals surface area contributed by atoms with Crippen molar-refractivity contribution in [3.8, 4) is 0 Å². The average Bonchev–Trinajstić information content (AvgIpc) is 3.30. The minimum atomic E-state index is -3.00. The molecule has 0 unspecified atom stereocenters. The molecule has 3 aliphatic rings. The smallest absolute Gasteiger partial charge is 0.242 e. The Labute approximate surface area is 156 Å². The monoisotopic (exact) mass is 376 g/mol. The second kappa shape index (κ2) is 6.87. The Morgan fingerprint density at radius 1 is 1.15 bits per heavy atom. The summed E-state index contributed by atoms with van der Waals surface area (Å²) in [6, 6.07) is 8.67. The summed E-state index contributed by atoms with van der Waals surface area (Å²) in [6.45, 7) is 2.51. The first-order valence-electron chi connectivity index (χ1n) is 9.81. The summed E-state index contributed by atoms with van der Waals surface area (Å²) < 4.78 is 24.0. The van der Waals surface area contributed by atoms with Gasteiger partial charge >= 0.3 is 0 Å². The van der Waals surface area contributed by atoms with E-state index in [9.17, 15) is 13.2 Å². The zero-order valence-corrected chi connectivity index (χ0v) is 16.2. The zero-order chi connectivity index (χ0) is 18.3. The Balaban J connectivity index is 1.55. The maximum Gasteiger partial charge on any atom is 0.242 e. The standard InChI is InChI=1S/C20H28N2O3S/c1-15-12-16-6-2-5-9-19(16)21(15)13-20(23)22(17-7-3-4-8-17)18-10-11-26(24,25)14-18/h2,5-6,9,15,17-18H,3-4,7-8,10-14H2,1H3/t15-,18-/m1/s1. The highest BCUT2D eigenvalue weighted by molar-refractivity contribution is 7.91. The Bertz CT molecular complexity index is 786. The average molecular weight is 377 g/mol. The van der Waals surface area contributed by atoms with Gasteiger partial charge in [-0.1, -0.05) is 31.0 Å². The van der Waals surface area contributed by atoms with Gasteiger partial charge in [0.15, 0.2) is 9.84 Å². The molecular formula is C20H28N2O3S. The number of rotatable bonds is 4. The second-order valence-electron chi connectivity index (χ2n) is 8.11. The molecule has 0 bridgehead atoms. The molecule has 1 aromatic rings. The van der Waals surface area contributed by atoms with Crippen LogP contribution in [0.2, 0.25) is 0 Å². The van der Waals surface area contributed by atoms with Gasteiger partial charge in [-0.15, -0.1) is 0 Å². The fourth-order valence-electron chi connectivity index (χ4n) is 4.98. The van der Waals surface area contributed by atoms with Gasteiger partial charge in [-0.2, -0.15) is 0 Å². The number of carbonyl (C=O) groups is 1. The van der Waals surface area contributed by atoms with Crippen molar-refractivity contribution < 1.29 is 13.2 Å². The lowest BCUT2D eigenvalue weighted by atomic mass is 10.1. The number of carbonyl (C=O) groups excluding carboxylic acids is 1. The summed E-state index contributed by atoms with van der Waals surface area (Å²) in [5.41, 5.74) is 2.45. The van der Waals surface area contributed by atoms with Crippen LogP contribution in [-0.2, 0) is 21.1 Å². The molecular weight excluding hydrogens is 348 g/mol. The highest BCUT2D eigenvalue weighted by Crippen LogP contribution is 2.33. The van der Waals surface area contributed by atoms with E-state index in [4.69, 9.17) is 0 Å². The molecule has 0 aromatic heterocycles. The summed E-state index contributed by atoms with van der Waals surface area (Å²) in [4.78, 5) is 17.5. The molecule has 1 aliphatic carbocycles. The van der Waals surface area contributed by atoms with Crippen LogP contribution in [0.5, 0.6) is 0 Å². The number of hydrogen-bond acceptors (Lipinski definition) is 4. The third kappa shape index (κ3) is 3.36. The quantitative estimate of drug-likeness (QED) is 0.810. The fraction of sp³-hybridized carbons (Fsp3) is 0.650. The van der Waals surface area contributed by atoms with Crippen molar-refractivity contribution in [1.29, 1.82) is 0 Å². The molecule has 4 rings (SSSR count). The topological polar surface area (TPSA) is 57.7 Å². The van der Waals surface area contributed by atoms with Gasteiger partial charge in [-0.25, -0.2) is 8.42 Å². The minimum Gasteiger partial charge on any atom is -0.359 e. The van der Waals surface area contributed by atoms with E-state index < -0.39 is 9.84 Å². The van der Waals surface area contributed by atoms with E-state index in [0.29, 0.717) is 19.0 Å². The molecule has 1 saturated heterocycles. The number of amides is 1. The Kier molecular flexibility index (Phi) is 4.71. The lowest BCUT2D eigenvalue weighted by molar-refractivity contribution is -0.134. The van der Waals surface area contributed by atoms with Crippen LogP contribution in [-0.4, -0.2) is 55.4 Å². The first-order valence-corrected chi connectivity index (χ1v) is 11.6. The van der Waals surface area contributed by atoms with E-state index in [1.165, 1.54) is 5.56 Å². The Morgan fingerprint density at radius 3 is 2.58 bits per heavy atom. The SMILES string of the molecule is C[C@@H]1Cc2ccccc2N1CC(=O)N(C1CCCC1)[C@@H]1CCS(=O)(=O)C1. The van der Waals surface area contributed by atoms with Crippen molar-refractivity contribution in [2.24, 2.45) is 0 Å².